The van der Waals surface area contributed by atoms with E-state index in [0.29, 0.717) is 0 Å². The first-order valence-corrected chi connectivity index (χ1v) is 7.43. The first kappa shape index (κ1) is 8.14. The molecule has 4 bridgehead atoms. The Balaban J connectivity index is 1.59. The van der Waals surface area contributed by atoms with Crippen LogP contribution in [0.4, 0.5) is 0 Å². The molecule has 0 amide bonds. The highest BCUT2D eigenvalue weighted by atomic mass is 14.7. The minimum Gasteiger partial charge on any atom is -0.0527 e. The Morgan fingerprint density at radius 3 is 1.73 bits per heavy atom. The average Bonchev–Trinajstić information content (AvgIpc) is 3.03. The van der Waals surface area contributed by atoms with E-state index in [1.165, 1.54) is 47.3 Å². The zero-order chi connectivity index (χ0) is 9.57. The van der Waals surface area contributed by atoms with E-state index in [9.17, 15) is 0 Å². The van der Waals surface area contributed by atoms with Gasteiger partial charge in [0.2, 0.25) is 0 Å². The second-order valence-corrected chi connectivity index (χ2v) is 7.31. The standard InChI is InChI=1S/C15H22/c1-2-10-11(3-1)13-7-12(10)14-8-4-5-9(6-8)15(13)14/h8-15H,1-7H2/t8-,9+,10-,11+,12-,13+,14?,15?. The van der Waals surface area contributed by atoms with Crippen molar-refractivity contribution in [3.8, 4) is 0 Å². The van der Waals surface area contributed by atoms with E-state index in [2.05, 4.69) is 0 Å². The van der Waals surface area contributed by atoms with Crippen LogP contribution >= 0.6 is 0 Å². The molecule has 5 aliphatic carbocycles. The van der Waals surface area contributed by atoms with Gasteiger partial charge in [0.15, 0.2) is 0 Å². The van der Waals surface area contributed by atoms with E-state index < -0.39 is 0 Å². The fraction of sp³-hybridized carbons (Fsp3) is 1.00. The lowest BCUT2D eigenvalue weighted by Crippen LogP contribution is -2.35. The van der Waals surface area contributed by atoms with E-state index in [1.807, 2.05) is 0 Å². The Hall–Kier alpha value is 0. The number of hydrogen-bond donors (Lipinski definition) is 0. The maximum Gasteiger partial charge on any atom is -0.0321 e. The molecule has 0 aromatic rings. The molecule has 5 fully saturated rings. The minimum atomic E-state index is 1.21. The summed E-state index contributed by atoms with van der Waals surface area (Å²) in [6.07, 6.45) is 11.4. The first-order valence-electron chi connectivity index (χ1n) is 7.43. The largest absolute Gasteiger partial charge is 0.0527 e. The molecule has 0 aliphatic heterocycles. The van der Waals surface area contributed by atoms with Crippen LogP contribution in [-0.4, -0.2) is 0 Å². The van der Waals surface area contributed by atoms with Crippen molar-refractivity contribution >= 4 is 0 Å². The molecule has 8 atom stereocenters. The zero-order valence-electron chi connectivity index (χ0n) is 9.57. The van der Waals surface area contributed by atoms with Gasteiger partial charge in [-0.3, -0.25) is 0 Å². The normalized spacial score (nSPS) is 68.8. The predicted molar refractivity (Wildman–Crippen MR) is 60.2 cm³/mol. The van der Waals surface area contributed by atoms with Crippen molar-refractivity contribution in [3.63, 3.8) is 0 Å². The fourth-order valence-corrected chi connectivity index (χ4v) is 7.28. The number of hydrogen-bond acceptors (Lipinski definition) is 0. The Bertz CT molecular complexity index is 279. The van der Waals surface area contributed by atoms with Gasteiger partial charge in [-0.05, 0) is 85.9 Å². The molecule has 0 nitrogen and oxygen atoms in total. The van der Waals surface area contributed by atoms with Crippen molar-refractivity contribution in [1.29, 1.82) is 0 Å². The Kier molecular flexibility index (Phi) is 1.34. The molecular weight excluding hydrogens is 180 g/mol. The Morgan fingerprint density at radius 1 is 0.533 bits per heavy atom. The molecule has 0 aromatic carbocycles. The molecule has 0 radical (unpaired) electrons. The molecule has 82 valence electrons. The van der Waals surface area contributed by atoms with Crippen molar-refractivity contribution < 1.29 is 0 Å². The topological polar surface area (TPSA) is 0 Å². The lowest BCUT2D eigenvalue weighted by Gasteiger charge is -2.40. The van der Waals surface area contributed by atoms with E-state index in [-0.39, 0.29) is 0 Å². The molecule has 2 unspecified atom stereocenters. The molecule has 0 spiro atoms. The molecule has 5 rings (SSSR count). The van der Waals surface area contributed by atoms with Crippen LogP contribution in [0.2, 0.25) is 0 Å². The molecule has 0 N–H and O–H groups in total. The molecular formula is C15H22. The lowest BCUT2D eigenvalue weighted by atomic mass is 9.64. The maximum absolute atomic E-state index is 1.68. The van der Waals surface area contributed by atoms with Crippen molar-refractivity contribution in [2.75, 3.05) is 0 Å². The van der Waals surface area contributed by atoms with Gasteiger partial charge < -0.3 is 0 Å². The SMILES string of the molecule is C1C[C@@H]2[C@H](C1)[C@@H]1C[C@H]2C2C1[C@H]1CC[C@@H]2C1. The quantitative estimate of drug-likeness (QED) is 0.525. The van der Waals surface area contributed by atoms with Crippen LogP contribution in [0.1, 0.15) is 44.9 Å². The second kappa shape index (κ2) is 2.46. The zero-order valence-corrected chi connectivity index (χ0v) is 9.57. The molecule has 5 aliphatic rings. The van der Waals surface area contributed by atoms with Crippen LogP contribution in [0.3, 0.4) is 0 Å². The number of fused-ring (bicyclic) bond motifs is 12. The number of rotatable bonds is 0. The van der Waals surface area contributed by atoms with Gasteiger partial charge in [-0.15, -0.1) is 0 Å². The summed E-state index contributed by atoms with van der Waals surface area (Å²) in [5.41, 5.74) is 0. The molecule has 5 saturated carbocycles. The molecule has 0 aromatic heterocycles. The van der Waals surface area contributed by atoms with E-state index in [1.54, 1.807) is 44.9 Å². The lowest BCUT2D eigenvalue weighted by molar-refractivity contribution is 0.0716. The van der Waals surface area contributed by atoms with Crippen LogP contribution in [0, 0.1) is 47.3 Å². The highest BCUT2D eigenvalue weighted by Gasteiger charge is 2.65. The minimum absolute atomic E-state index is 1.21. The smallest absolute Gasteiger partial charge is 0.0321 e. The summed E-state index contributed by atoms with van der Waals surface area (Å²) in [5.74, 6) is 9.78. The van der Waals surface area contributed by atoms with Crippen molar-refractivity contribution in [2.24, 2.45) is 47.3 Å². The summed E-state index contributed by atoms with van der Waals surface area (Å²) in [6.45, 7) is 0. The van der Waals surface area contributed by atoms with Gasteiger partial charge >= 0.3 is 0 Å². The van der Waals surface area contributed by atoms with Crippen molar-refractivity contribution in [3.05, 3.63) is 0 Å². The maximum atomic E-state index is 1.68. The van der Waals surface area contributed by atoms with E-state index >= 15 is 0 Å². The van der Waals surface area contributed by atoms with Crippen LogP contribution in [0.15, 0.2) is 0 Å². The molecule has 15 heavy (non-hydrogen) atoms. The third-order valence-corrected chi connectivity index (χ3v) is 7.30. The Morgan fingerprint density at radius 2 is 1.13 bits per heavy atom. The summed E-state index contributed by atoms with van der Waals surface area (Å²) in [7, 11) is 0. The third-order valence-electron chi connectivity index (χ3n) is 7.30. The third kappa shape index (κ3) is 0.775. The van der Waals surface area contributed by atoms with Gasteiger partial charge in [-0.2, -0.15) is 0 Å². The summed E-state index contributed by atoms with van der Waals surface area (Å²) < 4.78 is 0. The summed E-state index contributed by atoms with van der Waals surface area (Å²) in [6, 6.07) is 0. The molecule has 0 saturated heterocycles. The van der Waals surface area contributed by atoms with Gasteiger partial charge in [-0.25, -0.2) is 0 Å². The fourth-order valence-electron chi connectivity index (χ4n) is 7.28. The van der Waals surface area contributed by atoms with Crippen LogP contribution in [-0.2, 0) is 0 Å². The predicted octanol–water partition coefficient (Wildman–Crippen LogP) is 3.71. The van der Waals surface area contributed by atoms with Crippen LogP contribution in [0.25, 0.3) is 0 Å². The summed E-state index contributed by atoms with van der Waals surface area (Å²) in [4.78, 5) is 0. The molecule has 0 heterocycles. The Labute approximate surface area is 92.8 Å². The highest BCUT2D eigenvalue weighted by Crippen LogP contribution is 2.72. The van der Waals surface area contributed by atoms with Crippen LogP contribution < -0.4 is 0 Å². The average molecular weight is 202 g/mol. The van der Waals surface area contributed by atoms with Crippen molar-refractivity contribution in [2.45, 2.75) is 44.9 Å². The summed E-state index contributed by atoms with van der Waals surface area (Å²) >= 11 is 0. The van der Waals surface area contributed by atoms with Crippen molar-refractivity contribution in [1.82, 2.24) is 0 Å². The summed E-state index contributed by atoms with van der Waals surface area (Å²) in [5, 5.41) is 0. The van der Waals surface area contributed by atoms with E-state index in [4.69, 9.17) is 0 Å². The second-order valence-electron chi connectivity index (χ2n) is 7.31. The first-order chi connectivity index (χ1) is 7.43. The van der Waals surface area contributed by atoms with Gasteiger partial charge in [0, 0.05) is 0 Å². The van der Waals surface area contributed by atoms with Gasteiger partial charge in [0.1, 0.15) is 0 Å². The highest BCUT2D eigenvalue weighted by molar-refractivity contribution is 5.14. The van der Waals surface area contributed by atoms with E-state index in [0.717, 1.165) is 0 Å². The van der Waals surface area contributed by atoms with Gasteiger partial charge in [0.05, 0.1) is 0 Å². The van der Waals surface area contributed by atoms with Gasteiger partial charge in [-0.1, -0.05) is 6.42 Å². The van der Waals surface area contributed by atoms with Gasteiger partial charge in [0.25, 0.3) is 0 Å². The monoisotopic (exact) mass is 202 g/mol. The molecule has 0 heteroatoms. The van der Waals surface area contributed by atoms with Crippen LogP contribution in [0.5, 0.6) is 0 Å².